The van der Waals surface area contributed by atoms with Crippen molar-refractivity contribution in [3.8, 4) is 5.75 Å². The Labute approximate surface area is 210 Å². The highest BCUT2D eigenvalue weighted by Gasteiger charge is 2.29. The van der Waals surface area contributed by atoms with Crippen LogP contribution in [0.2, 0.25) is 0 Å². The Morgan fingerprint density at radius 2 is 1.94 bits per heavy atom. The highest BCUT2D eigenvalue weighted by atomic mass is 79.9. The van der Waals surface area contributed by atoms with E-state index >= 15 is 0 Å². The van der Waals surface area contributed by atoms with Gasteiger partial charge in [-0.2, -0.15) is 9.49 Å². The van der Waals surface area contributed by atoms with Crippen LogP contribution in [0.4, 0.5) is 4.39 Å². The second-order valence-electron chi connectivity index (χ2n) is 8.50. The largest absolute Gasteiger partial charge is 0.489 e. The lowest BCUT2D eigenvalue weighted by atomic mass is 9.99. The maximum absolute atomic E-state index is 14.4. The van der Waals surface area contributed by atoms with Crippen molar-refractivity contribution in [2.75, 3.05) is 13.7 Å². The maximum atomic E-state index is 14.4. The molecule has 0 aliphatic rings. The number of benzene rings is 2. The molecule has 0 spiro atoms. The van der Waals surface area contributed by atoms with Crippen LogP contribution >= 0.6 is 31.9 Å². The number of carbonyl (C=O) groups excluding carboxylic acids is 1. The summed E-state index contributed by atoms with van der Waals surface area (Å²) in [5, 5.41) is 7.21. The van der Waals surface area contributed by atoms with Crippen LogP contribution in [0.5, 0.6) is 5.75 Å². The van der Waals surface area contributed by atoms with Crippen molar-refractivity contribution in [1.82, 2.24) is 14.8 Å². The van der Waals surface area contributed by atoms with Crippen LogP contribution in [0.3, 0.4) is 0 Å². The predicted molar refractivity (Wildman–Crippen MR) is 134 cm³/mol. The maximum Gasteiger partial charge on any atom is 0.284 e. The molecule has 0 radical (unpaired) electrons. The van der Waals surface area contributed by atoms with Gasteiger partial charge in [-0.05, 0) is 86.5 Å². The van der Waals surface area contributed by atoms with Crippen molar-refractivity contribution in [3.63, 3.8) is 0 Å². The third-order valence-corrected chi connectivity index (χ3v) is 6.71. The Hall–Kier alpha value is -1.97. The van der Waals surface area contributed by atoms with Crippen LogP contribution in [-0.2, 0) is 18.3 Å². The number of nitrogens with zero attached hydrogens (tertiary/aromatic N) is 3. The number of fused-ring (bicyclic) bond motifs is 1. The Morgan fingerprint density at radius 3 is 2.52 bits per heavy atom. The number of hydrogen-bond acceptors (Lipinski definition) is 4. The molecule has 1 atom stereocenters. The lowest BCUT2D eigenvalue weighted by Gasteiger charge is -2.27. The van der Waals surface area contributed by atoms with Gasteiger partial charge in [-0.15, -0.1) is 0 Å². The van der Waals surface area contributed by atoms with Crippen LogP contribution in [0.25, 0.3) is 10.8 Å². The number of rotatable bonds is 8. The summed E-state index contributed by atoms with van der Waals surface area (Å²) < 4.78 is 23.2. The van der Waals surface area contributed by atoms with E-state index in [1.807, 2.05) is 6.07 Å². The van der Waals surface area contributed by atoms with Crippen molar-refractivity contribution >= 4 is 48.5 Å². The molecular formula is C24H28Br2FN3O3. The molecule has 0 saturated carbocycles. The molecule has 0 aliphatic heterocycles. The Morgan fingerprint density at radius 1 is 1.24 bits per heavy atom. The van der Waals surface area contributed by atoms with Gasteiger partial charge < -0.3 is 4.74 Å². The van der Waals surface area contributed by atoms with Crippen LogP contribution in [0.15, 0.2) is 33.2 Å². The molecule has 9 heteroatoms. The fourth-order valence-electron chi connectivity index (χ4n) is 3.80. The Kier molecular flexibility index (Phi) is 8.18. The monoisotopic (exact) mass is 583 g/mol. The van der Waals surface area contributed by atoms with E-state index < -0.39 is 17.9 Å². The number of amides is 1. The number of hydrogen-bond donors (Lipinski definition) is 0. The van der Waals surface area contributed by atoms with E-state index in [2.05, 4.69) is 69.0 Å². The molecule has 1 aromatic heterocycles. The zero-order valence-electron chi connectivity index (χ0n) is 19.6. The number of carbonyl (C=O) groups is 1. The molecule has 33 heavy (non-hydrogen) atoms. The molecule has 0 saturated heterocycles. The molecule has 178 valence electrons. The summed E-state index contributed by atoms with van der Waals surface area (Å²) in [7, 11) is 2.82. The van der Waals surface area contributed by atoms with E-state index in [0.29, 0.717) is 17.4 Å². The average molecular weight is 585 g/mol. The fraction of sp³-hybridized carbons (Fsp3) is 0.417. The van der Waals surface area contributed by atoms with Gasteiger partial charge in [0.05, 0.1) is 27.8 Å². The minimum Gasteiger partial charge on any atom is -0.489 e. The summed E-state index contributed by atoms with van der Waals surface area (Å²) in [4.78, 5) is 18.2. The summed E-state index contributed by atoms with van der Waals surface area (Å²) in [6.45, 7) is 7.88. The van der Waals surface area contributed by atoms with Gasteiger partial charge in [-0.3, -0.25) is 9.63 Å². The Balaban J connectivity index is 1.83. The van der Waals surface area contributed by atoms with Crippen LogP contribution in [0.1, 0.15) is 42.4 Å². The first kappa shape index (κ1) is 25.6. The predicted octanol–water partition coefficient (Wildman–Crippen LogP) is 6.22. The van der Waals surface area contributed by atoms with Gasteiger partial charge in [0.1, 0.15) is 17.9 Å². The molecule has 3 rings (SSSR count). The summed E-state index contributed by atoms with van der Waals surface area (Å²) >= 11 is 7.29. The topological polar surface area (TPSA) is 56.6 Å². The summed E-state index contributed by atoms with van der Waals surface area (Å²) in [6, 6.07) is 7.92. The van der Waals surface area contributed by atoms with Gasteiger partial charge in [0, 0.05) is 7.05 Å². The summed E-state index contributed by atoms with van der Waals surface area (Å²) in [6.07, 6.45) is 0.987. The second-order valence-corrected chi connectivity index (χ2v) is 10.2. The molecule has 0 N–H and O–H groups in total. The van der Waals surface area contributed by atoms with Crippen molar-refractivity contribution in [2.24, 2.45) is 13.0 Å². The molecule has 3 aromatic rings. The van der Waals surface area contributed by atoms with E-state index in [4.69, 9.17) is 9.57 Å². The van der Waals surface area contributed by atoms with Crippen LogP contribution < -0.4 is 4.74 Å². The highest BCUT2D eigenvalue weighted by Crippen LogP contribution is 2.40. The first-order valence-electron chi connectivity index (χ1n) is 10.6. The number of hydroxylamine groups is 2. The standard InChI is InChI=1S/C24H28Br2FN3O3/c1-13(2)9-16-7-8-17-11-19(25)22(21(26)18(17)10-16)33-12-14(3)30(32-6)24(31)20-15(4)28-29(5)23(20)27/h7-8,10-11,13-14H,9,12H2,1-6H3. The van der Waals surface area contributed by atoms with Gasteiger partial charge >= 0.3 is 0 Å². The van der Waals surface area contributed by atoms with E-state index in [-0.39, 0.29) is 12.2 Å². The lowest BCUT2D eigenvalue weighted by Crippen LogP contribution is -2.41. The number of aromatic nitrogens is 2. The van der Waals surface area contributed by atoms with E-state index in [1.54, 1.807) is 13.8 Å². The molecule has 0 fully saturated rings. The van der Waals surface area contributed by atoms with Crippen LogP contribution in [-0.4, -0.2) is 40.5 Å². The number of halogens is 3. The van der Waals surface area contributed by atoms with Crippen molar-refractivity contribution in [3.05, 3.63) is 56.0 Å². The first-order valence-corrected chi connectivity index (χ1v) is 12.2. The molecule has 0 bridgehead atoms. The van der Waals surface area contributed by atoms with Crippen molar-refractivity contribution in [2.45, 2.75) is 40.2 Å². The molecule has 1 amide bonds. The fourth-order valence-corrected chi connectivity index (χ4v) is 5.29. The summed E-state index contributed by atoms with van der Waals surface area (Å²) in [5.41, 5.74) is 1.44. The number of ether oxygens (including phenoxy) is 1. The zero-order valence-corrected chi connectivity index (χ0v) is 22.8. The SMILES string of the molecule is CON(C(=O)c1c(C)nn(C)c1F)C(C)COc1c(Br)cc2ccc(CC(C)C)cc2c1Br. The van der Waals surface area contributed by atoms with E-state index in [1.165, 1.54) is 19.7 Å². The average Bonchev–Trinajstić information content (AvgIpc) is 2.99. The molecule has 6 nitrogen and oxygen atoms in total. The van der Waals surface area contributed by atoms with Gasteiger partial charge in [0.2, 0.25) is 5.95 Å². The third kappa shape index (κ3) is 5.41. The molecule has 2 aromatic carbocycles. The Bertz CT molecular complexity index is 1180. The van der Waals surface area contributed by atoms with Crippen molar-refractivity contribution in [1.29, 1.82) is 0 Å². The minimum atomic E-state index is -0.704. The highest BCUT2D eigenvalue weighted by molar-refractivity contribution is 9.11. The number of aryl methyl sites for hydroxylation is 2. The quantitative estimate of drug-likeness (QED) is 0.295. The first-order chi connectivity index (χ1) is 15.5. The molecule has 0 aliphatic carbocycles. The molecule has 1 heterocycles. The molecule has 1 unspecified atom stereocenters. The van der Waals surface area contributed by atoms with Gasteiger partial charge in [0.25, 0.3) is 5.91 Å². The van der Waals surface area contributed by atoms with Crippen molar-refractivity contribution < 1.29 is 18.8 Å². The third-order valence-electron chi connectivity index (χ3n) is 5.33. The summed E-state index contributed by atoms with van der Waals surface area (Å²) in [5.74, 6) is -0.126. The zero-order chi connectivity index (χ0) is 24.4. The minimum absolute atomic E-state index is 0.114. The van der Waals surface area contributed by atoms with E-state index in [0.717, 1.165) is 35.9 Å². The van der Waals surface area contributed by atoms with E-state index in [9.17, 15) is 9.18 Å². The van der Waals surface area contributed by atoms with Gasteiger partial charge in [-0.1, -0.05) is 26.0 Å². The molecular weight excluding hydrogens is 557 g/mol. The van der Waals surface area contributed by atoms with Gasteiger partial charge in [0.15, 0.2) is 0 Å². The van der Waals surface area contributed by atoms with Crippen LogP contribution in [0, 0.1) is 18.8 Å². The lowest BCUT2D eigenvalue weighted by molar-refractivity contribution is -0.126. The normalized spacial score (nSPS) is 12.4. The second kappa shape index (κ2) is 10.5. The van der Waals surface area contributed by atoms with Gasteiger partial charge in [-0.25, -0.2) is 9.75 Å². The smallest absolute Gasteiger partial charge is 0.284 e.